The number of nitrogens with zero attached hydrogens (tertiary/aromatic N) is 1. The summed E-state index contributed by atoms with van der Waals surface area (Å²) in [5.41, 5.74) is 0. The van der Waals surface area contributed by atoms with E-state index >= 15 is 0 Å². The molecule has 1 aromatic rings. The average Bonchev–Trinajstić information content (AvgIpc) is 2.32. The molecule has 0 saturated heterocycles. The quantitative estimate of drug-likeness (QED) is 0.507. The summed E-state index contributed by atoms with van der Waals surface area (Å²) in [5, 5.41) is 0. The molecule has 0 fully saturated rings. The van der Waals surface area contributed by atoms with Gasteiger partial charge in [-0.2, -0.15) is 8.42 Å². The molecule has 1 heterocycles. The first kappa shape index (κ1) is 9.17. The summed E-state index contributed by atoms with van der Waals surface area (Å²) < 4.78 is 34.5. The molecule has 0 radical (unpaired) electrons. The maximum Gasteiger partial charge on any atom is 0.401 e. The SMILES string of the molecule is CC(OS(=O)(=O)O)[n+]1cc[nH]c1. The average molecular weight is 193 g/mol. The van der Waals surface area contributed by atoms with E-state index in [1.807, 2.05) is 0 Å². The van der Waals surface area contributed by atoms with Gasteiger partial charge in [-0.05, 0) is 0 Å². The van der Waals surface area contributed by atoms with Crippen molar-refractivity contribution in [2.75, 3.05) is 0 Å². The van der Waals surface area contributed by atoms with Gasteiger partial charge in [0.15, 0.2) is 0 Å². The number of nitrogens with one attached hydrogen (secondary N) is 1. The van der Waals surface area contributed by atoms with Gasteiger partial charge in [0.2, 0.25) is 12.6 Å². The molecule has 2 N–H and O–H groups in total. The molecule has 6 nitrogen and oxygen atoms in total. The predicted octanol–water partition coefficient (Wildman–Crippen LogP) is -0.360. The number of hydrogen-bond donors (Lipinski definition) is 2. The van der Waals surface area contributed by atoms with Crippen LogP contribution in [0.1, 0.15) is 13.2 Å². The largest absolute Gasteiger partial charge is 0.401 e. The molecule has 0 aliphatic rings. The summed E-state index contributed by atoms with van der Waals surface area (Å²) in [6, 6.07) is 0. The number of aromatic amines is 1. The fraction of sp³-hybridized carbons (Fsp3) is 0.400. The highest BCUT2D eigenvalue weighted by Gasteiger charge is 2.16. The molecule has 0 bridgehead atoms. The summed E-state index contributed by atoms with van der Waals surface area (Å²) in [4.78, 5) is 2.70. The van der Waals surface area contributed by atoms with Crippen LogP contribution >= 0.6 is 0 Å². The van der Waals surface area contributed by atoms with Crippen LogP contribution in [0, 0.1) is 0 Å². The molecule has 7 heteroatoms. The highest BCUT2D eigenvalue weighted by Crippen LogP contribution is 2.00. The fourth-order valence-electron chi connectivity index (χ4n) is 0.753. The van der Waals surface area contributed by atoms with Crippen LogP contribution in [0.4, 0.5) is 0 Å². The van der Waals surface area contributed by atoms with E-state index in [-0.39, 0.29) is 0 Å². The zero-order chi connectivity index (χ0) is 9.19. The van der Waals surface area contributed by atoms with Gasteiger partial charge in [0.05, 0.1) is 0 Å². The van der Waals surface area contributed by atoms with Crippen molar-refractivity contribution in [2.24, 2.45) is 0 Å². The predicted molar refractivity (Wildman–Crippen MR) is 38.3 cm³/mol. The van der Waals surface area contributed by atoms with Gasteiger partial charge >= 0.3 is 10.4 Å². The highest BCUT2D eigenvalue weighted by molar-refractivity contribution is 7.80. The lowest BCUT2D eigenvalue weighted by molar-refractivity contribution is -0.749. The summed E-state index contributed by atoms with van der Waals surface area (Å²) in [7, 11) is -4.38. The Bertz CT molecular complexity index is 330. The molecule has 1 aromatic heterocycles. The molecular formula is C5H9N2O4S+. The summed E-state index contributed by atoms with van der Waals surface area (Å²) >= 11 is 0. The number of H-pyrrole nitrogens is 1. The second-order valence-electron chi connectivity index (χ2n) is 2.18. The lowest BCUT2D eigenvalue weighted by Gasteiger charge is -2.04. The topological polar surface area (TPSA) is 83.3 Å². The van der Waals surface area contributed by atoms with Crippen LogP contribution in [0.15, 0.2) is 18.7 Å². The van der Waals surface area contributed by atoms with Crippen molar-refractivity contribution >= 4 is 10.4 Å². The van der Waals surface area contributed by atoms with Crippen molar-refractivity contribution in [2.45, 2.75) is 13.2 Å². The van der Waals surface area contributed by atoms with Gasteiger partial charge in [-0.15, -0.1) is 0 Å². The van der Waals surface area contributed by atoms with Crippen LogP contribution in [0.3, 0.4) is 0 Å². The molecule has 68 valence electrons. The van der Waals surface area contributed by atoms with Crippen LogP contribution in [0.2, 0.25) is 0 Å². The zero-order valence-electron chi connectivity index (χ0n) is 6.34. The monoisotopic (exact) mass is 193 g/mol. The Balaban J connectivity index is 2.68. The Hall–Kier alpha value is -0.920. The number of hydrogen-bond acceptors (Lipinski definition) is 3. The highest BCUT2D eigenvalue weighted by atomic mass is 32.3. The van der Waals surface area contributed by atoms with Gasteiger partial charge in [-0.1, -0.05) is 0 Å². The Morgan fingerprint density at radius 1 is 1.67 bits per heavy atom. The molecule has 1 atom stereocenters. The second kappa shape index (κ2) is 3.21. The molecule has 0 aliphatic heterocycles. The first-order chi connectivity index (χ1) is 5.49. The van der Waals surface area contributed by atoms with Crippen molar-refractivity contribution in [3.05, 3.63) is 18.7 Å². The molecule has 0 amide bonds. The van der Waals surface area contributed by atoms with E-state index in [1.54, 1.807) is 12.4 Å². The fourth-order valence-corrected chi connectivity index (χ4v) is 1.20. The van der Waals surface area contributed by atoms with E-state index in [9.17, 15) is 8.42 Å². The second-order valence-corrected chi connectivity index (χ2v) is 3.23. The number of imidazole rings is 1. The van der Waals surface area contributed by atoms with E-state index in [1.165, 1.54) is 17.8 Å². The molecule has 0 spiro atoms. The lowest BCUT2D eigenvalue weighted by Crippen LogP contribution is -2.37. The van der Waals surface area contributed by atoms with E-state index in [2.05, 4.69) is 9.17 Å². The molecule has 1 unspecified atom stereocenters. The van der Waals surface area contributed by atoms with E-state index in [0.29, 0.717) is 0 Å². The minimum Gasteiger partial charge on any atom is -0.263 e. The van der Waals surface area contributed by atoms with Crippen LogP contribution in [0.5, 0.6) is 0 Å². The Kier molecular flexibility index (Phi) is 2.46. The van der Waals surface area contributed by atoms with Crippen LogP contribution < -0.4 is 4.57 Å². The molecule has 0 aromatic carbocycles. The smallest absolute Gasteiger partial charge is 0.263 e. The number of rotatable bonds is 3. The molecule has 12 heavy (non-hydrogen) atoms. The van der Waals surface area contributed by atoms with Gasteiger partial charge in [0.25, 0.3) is 0 Å². The number of aromatic nitrogens is 2. The molecule has 0 saturated carbocycles. The van der Waals surface area contributed by atoms with E-state index in [0.717, 1.165) is 0 Å². The third-order valence-electron chi connectivity index (χ3n) is 1.25. The van der Waals surface area contributed by atoms with Crippen molar-refractivity contribution in [3.8, 4) is 0 Å². The van der Waals surface area contributed by atoms with Gasteiger partial charge in [-0.3, -0.25) is 9.54 Å². The van der Waals surface area contributed by atoms with E-state index in [4.69, 9.17) is 4.55 Å². The van der Waals surface area contributed by atoms with Crippen LogP contribution in [-0.4, -0.2) is 18.0 Å². The Morgan fingerprint density at radius 3 is 2.75 bits per heavy atom. The maximum absolute atomic E-state index is 10.2. The zero-order valence-corrected chi connectivity index (χ0v) is 7.15. The standard InChI is InChI=1S/C5H8N2O4S/c1-5(11-12(8,9)10)7-3-2-6-4-7/h2-5H,1H3,(H,8,9,10)/p+1. The van der Waals surface area contributed by atoms with Gasteiger partial charge in [0, 0.05) is 6.92 Å². The van der Waals surface area contributed by atoms with Crippen molar-refractivity contribution in [3.63, 3.8) is 0 Å². The minimum atomic E-state index is -4.38. The third-order valence-corrected chi connectivity index (χ3v) is 1.77. The third kappa shape index (κ3) is 2.61. The normalized spacial score (nSPS) is 14.5. The molecular weight excluding hydrogens is 184 g/mol. The summed E-state index contributed by atoms with van der Waals surface area (Å²) in [5.74, 6) is 0. The van der Waals surface area contributed by atoms with Gasteiger partial charge in [-0.25, -0.2) is 8.75 Å². The summed E-state index contributed by atoms with van der Waals surface area (Å²) in [6.07, 6.45) is 3.93. The lowest BCUT2D eigenvalue weighted by atomic mass is 10.6. The van der Waals surface area contributed by atoms with Crippen molar-refractivity contribution < 1.29 is 21.7 Å². The molecule has 0 aliphatic carbocycles. The van der Waals surface area contributed by atoms with Gasteiger partial charge < -0.3 is 0 Å². The summed E-state index contributed by atoms with van der Waals surface area (Å²) in [6.45, 7) is 1.49. The Labute approximate surface area is 69.8 Å². The maximum atomic E-state index is 10.2. The first-order valence-corrected chi connectivity index (χ1v) is 4.55. The van der Waals surface area contributed by atoms with Crippen LogP contribution in [-0.2, 0) is 14.6 Å². The van der Waals surface area contributed by atoms with Crippen LogP contribution in [0.25, 0.3) is 0 Å². The minimum absolute atomic E-state index is 0.758. The van der Waals surface area contributed by atoms with Gasteiger partial charge in [0.1, 0.15) is 12.4 Å². The Morgan fingerprint density at radius 2 is 2.33 bits per heavy atom. The molecule has 1 rings (SSSR count). The first-order valence-electron chi connectivity index (χ1n) is 3.18. The van der Waals surface area contributed by atoms with E-state index < -0.39 is 16.6 Å². The van der Waals surface area contributed by atoms with Crippen molar-refractivity contribution in [1.29, 1.82) is 0 Å². The van der Waals surface area contributed by atoms with Crippen molar-refractivity contribution in [1.82, 2.24) is 4.98 Å².